The van der Waals surface area contributed by atoms with Gasteiger partial charge in [0.1, 0.15) is 11.6 Å². The number of thiophene rings is 2. The quantitative estimate of drug-likeness (QED) is 0.670. The molecule has 8 heteroatoms. The van der Waals surface area contributed by atoms with Crippen molar-refractivity contribution in [2.45, 2.75) is 5.92 Å². The van der Waals surface area contributed by atoms with Gasteiger partial charge in [-0.2, -0.15) is 5.26 Å². The van der Waals surface area contributed by atoms with Crippen molar-refractivity contribution in [2.75, 3.05) is 0 Å². The zero-order valence-corrected chi connectivity index (χ0v) is 14.8. The lowest BCUT2D eigenvalue weighted by Gasteiger charge is -2.22. The Kier molecular flexibility index (Phi) is 3.49. The predicted octanol–water partition coefficient (Wildman–Crippen LogP) is 4.18. The van der Waals surface area contributed by atoms with Crippen molar-refractivity contribution >= 4 is 38.6 Å². The van der Waals surface area contributed by atoms with Crippen LogP contribution in [0.15, 0.2) is 44.9 Å². The molecule has 0 unspecified atom stereocenters. The molecule has 1 aliphatic heterocycles. The van der Waals surface area contributed by atoms with E-state index in [0.29, 0.717) is 11.5 Å². The van der Waals surface area contributed by atoms with E-state index < -0.39 is 0 Å². The lowest BCUT2D eigenvalue weighted by molar-refractivity contribution is 0.379. The van der Waals surface area contributed by atoms with Crippen molar-refractivity contribution in [1.82, 2.24) is 10.2 Å². The maximum absolute atomic E-state index is 9.58. The van der Waals surface area contributed by atoms with Crippen LogP contribution in [0.1, 0.15) is 16.4 Å². The van der Waals surface area contributed by atoms with E-state index in [1.54, 1.807) is 22.7 Å². The van der Waals surface area contributed by atoms with Crippen molar-refractivity contribution in [3.8, 4) is 22.5 Å². The topological polar surface area (TPSA) is 87.7 Å². The number of rotatable bonds is 2. The highest BCUT2D eigenvalue weighted by Gasteiger charge is 2.36. The van der Waals surface area contributed by atoms with Gasteiger partial charge in [-0.15, -0.1) is 27.8 Å². The molecular weight excluding hydrogens is 396 g/mol. The lowest BCUT2D eigenvalue weighted by atomic mass is 9.88. The van der Waals surface area contributed by atoms with Crippen molar-refractivity contribution in [1.29, 1.82) is 5.26 Å². The number of nitrogens with one attached hydrogen (secondary N) is 1. The minimum Gasteiger partial charge on any atom is -0.420 e. The van der Waals surface area contributed by atoms with E-state index in [2.05, 4.69) is 32.2 Å². The maximum atomic E-state index is 9.58. The molecule has 1 aliphatic rings. The van der Waals surface area contributed by atoms with Crippen LogP contribution in [0.2, 0.25) is 0 Å². The van der Waals surface area contributed by atoms with Gasteiger partial charge in [0.25, 0.3) is 0 Å². The van der Waals surface area contributed by atoms with Crippen LogP contribution in [0, 0.1) is 11.3 Å². The van der Waals surface area contributed by atoms with Gasteiger partial charge in [0.05, 0.1) is 25.8 Å². The zero-order valence-electron chi connectivity index (χ0n) is 11.5. The molecule has 3 aromatic heterocycles. The molecule has 0 radical (unpaired) electrons. The van der Waals surface area contributed by atoms with Crippen LogP contribution in [-0.4, -0.2) is 10.2 Å². The number of hydrogen-bond acceptors (Lipinski definition) is 6. The Morgan fingerprint density at radius 3 is 2.91 bits per heavy atom. The summed E-state index contributed by atoms with van der Waals surface area (Å²) in [5, 5.41) is 18.9. The summed E-state index contributed by atoms with van der Waals surface area (Å²) < 4.78 is 6.56. The molecule has 4 rings (SSSR count). The van der Waals surface area contributed by atoms with E-state index in [1.807, 2.05) is 29.6 Å². The van der Waals surface area contributed by atoms with Gasteiger partial charge < -0.3 is 10.5 Å². The third kappa shape index (κ3) is 2.28. The second kappa shape index (κ2) is 5.53. The summed E-state index contributed by atoms with van der Waals surface area (Å²) in [6.45, 7) is 0. The van der Waals surface area contributed by atoms with Crippen molar-refractivity contribution < 1.29 is 4.74 Å². The molecule has 0 aromatic carbocycles. The van der Waals surface area contributed by atoms with Crippen molar-refractivity contribution in [3.05, 3.63) is 55.3 Å². The summed E-state index contributed by atoms with van der Waals surface area (Å²) in [4.78, 5) is 2.06. The summed E-state index contributed by atoms with van der Waals surface area (Å²) in [5.41, 5.74) is 8.07. The van der Waals surface area contributed by atoms with Gasteiger partial charge in [0, 0.05) is 4.88 Å². The van der Waals surface area contributed by atoms with Gasteiger partial charge in [-0.05, 0) is 39.5 Å². The Morgan fingerprint density at radius 2 is 2.26 bits per heavy atom. The Hall–Kier alpha value is -2.08. The lowest BCUT2D eigenvalue weighted by Crippen LogP contribution is -2.20. The number of hydrogen-bond donors (Lipinski definition) is 2. The Bertz CT molecular complexity index is 949. The zero-order chi connectivity index (χ0) is 16.0. The molecule has 4 heterocycles. The average molecular weight is 405 g/mol. The number of aromatic amines is 1. The number of nitrogens with zero attached hydrogens (tertiary/aromatic N) is 2. The molecule has 1 atom stereocenters. The first-order chi connectivity index (χ1) is 11.2. The standard InChI is InChI=1S/C15H9BrN4OS2/c16-10-4-3-8(23-10)11-7(6-17)14(18)21-15-12(11)13(19-20-15)9-2-1-5-22-9/h1-5,11H,18H2,(H,19,20)/t11-/m0/s1. The first-order valence-corrected chi connectivity index (χ1v) is 9.13. The highest BCUT2D eigenvalue weighted by Crippen LogP contribution is 2.48. The number of H-pyrrole nitrogens is 1. The molecule has 0 saturated heterocycles. The number of fused-ring (bicyclic) bond motifs is 1. The molecule has 0 saturated carbocycles. The summed E-state index contributed by atoms with van der Waals surface area (Å²) in [5.74, 6) is 0.258. The van der Waals surface area contributed by atoms with Crippen LogP contribution < -0.4 is 10.5 Å². The summed E-state index contributed by atoms with van der Waals surface area (Å²) >= 11 is 6.65. The highest BCUT2D eigenvalue weighted by molar-refractivity contribution is 9.11. The predicted molar refractivity (Wildman–Crippen MR) is 93.2 cm³/mol. The average Bonchev–Trinajstić information content (AvgIpc) is 3.25. The fourth-order valence-corrected chi connectivity index (χ4v) is 4.90. The first-order valence-electron chi connectivity index (χ1n) is 6.64. The Morgan fingerprint density at radius 1 is 1.39 bits per heavy atom. The number of halogens is 1. The summed E-state index contributed by atoms with van der Waals surface area (Å²) in [6, 6.07) is 10.1. The Labute approximate surface area is 148 Å². The normalized spacial score (nSPS) is 16.8. The van der Waals surface area contributed by atoms with Crippen LogP contribution in [0.3, 0.4) is 0 Å². The molecular formula is C15H9BrN4OS2. The molecule has 23 heavy (non-hydrogen) atoms. The second-order valence-electron chi connectivity index (χ2n) is 4.86. The van der Waals surface area contributed by atoms with Gasteiger partial charge in [-0.1, -0.05) is 6.07 Å². The molecule has 3 N–H and O–H groups in total. The maximum Gasteiger partial charge on any atom is 0.244 e. The molecule has 0 spiro atoms. The minimum atomic E-state index is -0.282. The highest BCUT2D eigenvalue weighted by atomic mass is 79.9. The molecule has 0 bridgehead atoms. The number of nitrogens with two attached hydrogens (primary N) is 1. The smallest absolute Gasteiger partial charge is 0.244 e. The van der Waals surface area contributed by atoms with Crippen molar-refractivity contribution in [3.63, 3.8) is 0 Å². The van der Waals surface area contributed by atoms with E-state index in [9.17, 15) is 5.26 Å². The van der Waals surface area contributed by atoms with Gasteiger partial charge in [-0.3, -0.25) is 5.10 Å². The number of allylic oxidation sites excluding steroid dienone is 1. The van der Waals surface area contributed by atoms with E-state index in [-0.39, 0.29) is 11.8 Å². The third-order valence-electron chi connectivity index (χ3n) is 3.58. The molecule has 114 valence electrons. The van der Waals surface area contributed by atoms with Crippen LogP contribution in [0.4, 0.5) is 0 Å². The van der Waals surface area contributed by atoms with E-state index in [1.165, 1.54) is 0 Å². The molecule has 0 fully saturated rings. The number of aromatic nitrogens is 2. The first kappa shape index (κ1) is 14.5. The molecule has 5 nitrogen and oxygen atoms in total. The second-order valence-corrected chi connectivity index (χ2v) is 8.30. The summed E-state index contributed by atoms with van der Waals surface area (Å²) in [6.07, 6.45) is 0. The third-order valence-corrected chi connectivity index (χ3v) is 6.16. The van der Waals surface area contributed by atoms with Gasteiger partial charge in [-0.25, -0.2) is 0 Å². The van der Waals surface area contributed by atoms with E-state index in [4.69, 9.17) is 10.5 Å². The van der Waals surface area contributed by atoms with Crippen LogP contribution in [-0.2, 0) is 0 Å². The SMILES string of the molecule is N#CC1=C(N)Oc2n[nH]c(-c3cccs3)c2[C@@H]1c1ccc(Br)s1. The van der Waals surface area contributed by atoms with E-state index in [0.717, 1.165) is 24.8 Å². The van der Waals surface area contributed by atoms with Crippen molar-refractivity contribution in [2.24, 2.45) is 5.73 Å². The van der Waals surface area contributed by atoms with Crippen LogP contribution in [0.5, 0.6) is 5.88 Å². The minimum absolute atomic E-state index is 0.110. The fraction of sp³-hybridized carbons (Fsp3) is 0.0667. The fourth-order valence-electron chi connectivity index (χ4n) is 2.62. The van der Waals surface area contributed by atoms with Gasteiger partial charge in [0.2, 0.25) is 11.8 Å². The largest absolute Gasteiger partial charge is 0.420 e. The molecule has 0 amide bonds. The van der Waals surface area contributed by atoms with Gasteiger partial charge >= 0.3 is 0 Å². The van der Waals surface area contributed by atoms with E-state index >= 15 is 0 Å². The molecule has 3 aromatic rings. The van der Waals surface area contributed by atoms with Crippen LogP contribution in [0.25, 0.3) is 10.6 Å². The number of ether oxygens (including phenoxy) is 1. The van der Waals surface area contributed by atoms with Gasteiger partial charge in [0.15, 0.2) is 0 Å². The Balaban J connectivity index is 1.96. The number of nitriles is 1. The monoisotopic (exact) mass is 404 g/mol. The van der Waals surface area contributed by atoms with Crippen LogP contribution >= 0.6 is 38.6 Å². The molecule has 0 aliphatic carbocycles. The summed E-state index contributed by atoms with van der Waals surface area (Å²) in [7, 11) is 0.